The number of hydrogen-bond acceptors (Lipinski definition) is 4. The van der Waals surface area contributed by atoms with Crippen LogP contribution in [0.2, 0.25) is 0 Å². The lowest BCUT2D eigenvalue weighted by Gasteiger charge is -2.71. The maximum Gasteiger partial charge on any atom is 0.309 e. The number of carbonyl (C=O) groups is 2. The van der Waals surface area contributed by atoms with Crippen molar-refractivity contribution < 1.29 is 24.9 Å². The first-order chi connectivity index (χ1) is 16.9. The number of carboxylic acids is 1. The van der Waals surface area contributed by atoms with Gasteiger partial charge in [0.2, 0.25) is 0 Å². The molecule has 0 aliphatic heterocycles. The quantitative estimate of drug-likeness (QED) is 0.419. The molecule has 0 radical (unpaired) electrons. The van der Waals surface area contributed by atoms with E-state index in [9.17, 15) is 24.9 Å². The fraction of sp³-hybridized carbons (Fsp3) is 0.875. The van der Waals surface area contributed by atoms with Crippen LogP contribution in [0.15, 0.2) is 11.6 Å². The highest BCUT2D eigenvalue weighted by Gasteiger charge is 2.71. The highest BCUT2D eigenvalue weighted by Crippen LogP contribution is 2.75. The van der Waals surface area contributed by atoms with Gasteiger partial charge in [-0.15, -0.1) is 0 Å². The molecule has 0 aromatic heterocycles. The number of ketones is 1. The Bertz CT molecular complexity index is 1050. The molecule has 5 nitrogen and oxygen atoms in total. The molecule has 0 saturated heterocycles. The van der Waals surface area contributed by atoms with E-state index in [0.29, 0.717) is 25.7 Å². The van der Waals surface area contributed by atoms with E-state index in [1.807, 2.05) is 13.0 Å². The van der Waals surface area contributed by atoms with Crippen molar-refractivity contribution in [3.63, 3.8) is 0 Å². The van der Waals surface area contributed by atoms with Gasteiger partial charge in [-0.2, -0.15) is 0 Å². The molecular formula is C32H50O5. The van der Waals surface area contributed by atoms with Gasteiger partial charge in [0.1, 0.15) is 0 Å². The summed E-state index contributed by atoms with van der Waals surface area (Å²) < 4.78 is 0. The van der Waals surface area contributed by atoms with Gasteiger partial charge in [-0.05, 0) is 116 Å². The SMILES string of the molecule is CC1(C)C2CC[C@]3(C)[C@H](C(=O)C=C4[C@H]5C[C@@](C)(C(=O)O)CC[C@]5(C)CC[C@]43C)[C@@]2(C)CC[C@@]1(O)CCO. The largest absolute Gasteiger partial charge is 0.481 e. The van der Waals surface area contributed by atoms with Crippen molar-refractivity contribution in [3.8, 4) is 0 Å². The summed E-state index contributed by atoms with van der Waals surface area (Å²) in [5.74, 6) is -0.251. The molecule has 5 aliphatic carbocycles. The lowest BCUT2D eigenvalue weighted by atomic mass is 9.32. The Hall–Kier alpha value is -1.20. The molecule has 0 aromatic carbocycles. The van der Waals surface area contributed by atoms with Gasteiger partial charge in [-0.1, -0.05) is 47.1 Å². The summed E-state index contributed by atoms with van der Waals surface area (Å²) >= 11 is 0. The third-order valence-corrected chi connectivity index (χ3v) is 14.0. The first-order valence-corrected chi connectivity index (χ1v) is 14.8. The molecule has 4 fully saturated rings. The summed E-state index contributed by atoms with van der Waals surface area (Å²) in [5, 5.41) is 31.5. The van der Waals surface area contributed by atoms with Crippen LogP contribution in [0.1, 0.15) is 113 Å². The lowest BCUT2D eigenvalue weighted by Crippen LogP contribution is -2.68. The lowest BCUT2D eigenvalue weighted by molar-refractivity contribution is -0.233. The molecule has 0 heterocycles. The molecule has 0 bridgehead atoms. The van der Waals surface area contributed by atoms with E-state index in [0.717, 1.165) is 38.5 Å². The van der Waals surface area contributed by atoms with E-state index in [1.165, 1.54) is 5.57 Å². The summed E-state index contributed by atoms with van der Waals surface area (Å²) in [6, 6.07) is 0. The highest BCUT2D eigenvalue weighted by molar-refractivity contribution is 5.95. The Morgan fingerprint density at radius 2 is 1.59 bits per heavy atom. The van der Waals surface area contributed by atoms with E-state index >= 15 is 0 Å². The van der Waals surface area contributed by atoms with Gasteiger partial charge in [-0.25, -0.2) is 0 Å². The zero-order valence-electron chi connectivity index (χ0n) is 24.2. The van der Waals surface area contributed by atoms with Crippen molar-refractivity contribution in [1.82, 2.24) is 0 Å². The summed E-state index contributed by atoms with van der Waals surface area (Å²) in [6.07, 6.45) is 10.1. The van der Waals surface area contributed by atoms with E-state index in [-0.39, 0.29) is 51.8 Å². The van der Waals surface area contributed by atoms with Crippen molar-refractivity contribution in [3.05, 3.63) is 11.6 Å². The molecule has 37 heavy (non-hydrogen) atoms. The van der Waals surface area contributed by atoms with Crippen LogP contribution in [0.25, 0.3) is 0 Å². The Morgan fingerprint density at radius 3 is 2.22 bits per heavy atom. The molecule has 0 spiro atoms. The second kappa shape index (κ2) is 7.93. The van der Waals surface area contributed by atoms with Gasteiger partial charge < -0.3 is 15.3 Å². The molecule has 5 heteroatoms. The molecular weight excluding hydrogens is 464 g/mol. The minimum Gasteiger partial charge on any atom is -0.481 e. The van der Waals surface area contributed by atoms with Crippen LogP contribution in [0.3, 0.4) is 0 Å². The number of aliphatic carboxylic acids is 1. The monoisotopic (exact) mass is 514 g/mol. The number of rotatable bonds is 3. The second-order valence-corrected chi connectivity index (χ2v) is 15.8. The van der Waals surface area contributed by atoms with Crippen molar-refractivity contribution in [2.75, 3.05) is 6.61 Å². The van der Waals surface area contributed by atoms with Gasteiger partial charge in [0.25, 0.3) is 0 Å². The van der Waals surface area contributed by atoms with Crippen LogP contribution in [0, 0.1) is 50.2 Å². The third kappa shape index (κ3) is 3.28. The fourth-order valence-electron chi connectivity index (χ4n) is 11.0. The number of aliphatic hydroxyl groups excluding tert-OH is 1. The zero-order valence-corrected chi connectivity index (χ0v) is 24.2. The number of fused-ring (bicyclic) bond motifs is 7. The van der Waals surface area contributed by atoms with Crippen LogP contribution in [0.5, 0.6) is 0 Å². The number of aliphatic hydroxyl groups is 2. The van der Waals surface area contributed by atoms with E-state index in [2.05, 4.69) is 41.5 Å². The molecule has 0 amide bonds. The molecule has 9 atom stereocenters. The van der Waals surface area contributed by atoms with Gasteiger partial charge in [-0.3, -0.25) is 9.59 Å². The number of carboxylic acid groups (broad SMARTS) is 1. The van der Waals surface area contributed by atoms with Crippen LogP contribution in [0.4, 0.5) is 0 Å². The van der Waals surface area contributed by atoms with Crippen molar-refractivity contribution in [1.29, 1.82) is 0 Å². The molecule has 1 unspecified atom stereocenters. The van der Waals surface area contributed by atoms with Gasteiger partial charge in [0, 0.05) is 12.5 Å². The van der Waals surface area contributed by atoms with E-state index < -0.39 is 22.4 Å². The smallest absolute Gasteiger partial charge is 0.309 e. The number of carbonyl (C=O) groups excluding carboxylic acids is 1. The average molecular weight is 515 g/mol. The molecule has 5 aliphatic rings. The predicted molar refractivity (Wildman–Crippen MR) is 144 cm³/mol. The summed E-state index contributed by atoms with van der Waals surface area (Å²) in [4.78, 5) is 26.7. The standard InChI is InChI=1S/C32H50O5/c1-26(2)23-8-9-31(7)24(29(23,5)13-15-32(26,37)16-17-33)22(34)18-20-21-19-28(4,25(35)36)11-10-27(21,3)12-14-30(20,31)6/h18,21,23-24,33,37H,8-17,19H2,1-7H3,(H,35,36)/t21-,23?,24-,27-,28+,29+,30-,31-,32-/m1/s1. The number of allylic oxidation sites excluding steroid dienone is 2. The van der Waals surface area contributed by atoms with E-state index in [4.69, 9.17) is 0 Å². The summed E-state index contributed by atoms with van der Waals surface area (Å²) in [7, 11) is 0. The molecule has 3 N–H and O–H groups in total. The van der Waals surface area contributed by atoms with Gasteiger partial charge >= 0.3 is 5.97 Å². The molecule has 4 saturated carbocycles. The molecule has 5 rings (SSSR count). The van der Waals surface area contributed by atoms with Crippen molar-refractivity contribution in [2.24, 2.45) is 50.2 Å². The predicted octanol–water partition coefficient (Wildman–Crippen LogP) is 6.17. The molecule has 208 valence electrons. The minimum atomic E-state index is -0.918. The fourth-order valence-corrected chi connectivity index (χ4v) is 11.0. The first kappa shape index (κ1) is 27.4. The summed E-state index contributed by atoms with van der Waals surface area (Å²) in [5.41, 5.74) is -1.30. The minimum absolute atomic E-state index is 0.0248. The Balaban J connectivity index is 1.60. The topological polar surface area (TPSA) is 94.8 Å². The second-order valence-electron chi connectivity index (χ2n) is 15.8. The Morgan fingerprint density at radius 1 is 0.946 bits per heavy atom. The Kier molecular flexibility index (Phi) is 5.87. The van der Waals surface area contributed by atoms with Crippen molar-refractivity contribution in [2.45, 2.75) is 118 Å². The van der Waals surface area contributed by atoms with E-state index in [1.54, 1.807) is 0 Å². The summed E-state index contributed by atoms with van der Waals surface area (Å²) in [6.45, 7) is 15.6. The van der Waals surface area contributed by atoms with Crippen LogP contribution >= 0.6 is 0 Å². The van der Waals surface area contributed by atoms with Gasteiger partial charge in [0.05, 0.1) is 11.0 Å². The first-order valence-electron chi connectivity index (χ1n) is 14.8. The maximum atomic E-state index is 14.4. The highest BCUT2D eigenvalue weighted by atomic mass is 16.4. The maximum absolute atomic E-state index is 14.4. The average Bonchev–Trinajstić information content (AvgIpc) is 2.79. The zero-order chi connectivity index (χ0) is 27.4. The Labute approximate surface area is 223 Å². The normalized spacial score (nSPS) is 52.7. The van der Waals surface area contributed by atoms with Crippen LogP contribution in [-0.2, 0) is 9.59 Å². The third-order valence-electron chi connectivity index (χ3n) is 14.0. The van der Waals surface area contributed by atoms with Gasteiger partial charge in [0.15, 0.2) is 5.78 Å². The van der Waals surface area contributed by atoms with Crippen molar-refractivity contribution >= 4 is 11.8 Å². The van der Waals surface area contributed by atoms with Crippen LogP contribution < -0.4 is 0 Å². The number of hydrogen-bond donors (Lipinski definition) is 3. The van der Waals surface area contributed by atoms with Crippen LogP contribution in [-0.4, -0.2) is 39.3 Å². The molecule has 0 aromatic rings.